The first kappa shape index (κ1) is 9.45. The van der Waals surface area contributed by atoms with Gasteiger partial charge in [-0.2, -0.15) is 0 Å². The van der Waals surface area contributed by atoms with Crippen LogP contribution in [0.1, 0.15) is 12.5 Å². The van der Waals surface area contributed by atoms with Gasteiger partial charge < -0.3 is 4.74 Å². The van der Waals surface area contributed by atoms with Crippen LogP contribution in [0.15, 0.2) is 24.4 Å². The van der Waals surface area contributed by atoms with E-state index in [0.717, 1.165) is 5.56 Å². The average molecular weight is 177 g/mol. The number of pyridine rings is 1. The number of methoxy groups -OCH3 is 1. The Morgan fingerprint density at radius 3 is 2.77 bits per heavy atom. The predicted octanol–water partition coefficient (Wildman–Crippen LogP) is 1.69. The highest BCUT2D eigenvalue weighted by Crippen LogP contribution is 2.07. The van der Waals surface area contributed by atoms with E-state index in [-0.39, 0.29) is 5.78 Å². The zero-order valence-electron chi connectivity index (χ0n) is 7.65. The Hall–Kier alpha value is -1.64. The number of hydrogen-bond acceptors (Lipinski definition) is 3. The third-order valence-corrected chi connectivity index (χ3v) is 1.48. The summed E-state index contributed by atoms with van der Waals surface area (Å²) in [6.45, 7) is 1.51. The molecule has 3 nitrogen and oxygen atoms in total. The third kappa shape index (κ3) is 3.07. The molecule has 0 aromatic carbocycles. The molecule has 0 spiro atoms. The first-order valence-corrected chi connectivity index (χ1v) is 3.91. The fourth-order valence-electron chi connectivity index (χ4n) is 0.825. The van der Waals surface area contributed by atoms with E-state index in [1.54, 1.807) is 25.4 Å². The van der Waals surface area contributed by atoms with E-state index in [4.69, 9.17) is 4.74 Å². The highest BCUT2D eigenvalue weighted by atomic mass is 16.5. The second-order valence-electron chi connectivity index (χ2n) is 2.58. The Kier molecular flexibility index (Phi) is 3.20. The quantitative estimate of drug-likeness (QED) is 0.659. The van der Waals surface area contributed by atoms with E-state index >= 15 is 0 Å². The van der Waals surface area contributed by atoms with E-state index in [1.165, 1.54) is 13.0 Å². The van der Waals surface area contributed by atoms with Crippen LogP contribution in [-0.4, -0.2) is 17.9 Å². The molecule has 1 heterocycles. The minimum Gasteiger partial charge on any atom is -0.481 e. The molecular formula is C10H11NO2. The van der Waals surface area contributed by atoms with Crippen molar-refractivity contribution in [1.82, 2.24) is 4.98 Å². The predicted molar refractivity (Wildman–Crippen MR) is 50.5 cm³/mol. The van der Waals surface area contributed by atoms with Crippen molar-refractivity contribution in [2.45, 2.75) is 6.92 Å². The molecule has 0 atom stereocenters. The molecule has 1 rings (SSSR count). The molecule has 1 aromatic rings. The van der Waals surface area contributed by atoms with Gasteiger partial charge in [0.2, 0.25) is 5.88 Å². The smallest absolute Gasteiger partial charge is 0.212 e. The Bertz CT molecular complexity index is 314. The molecule has 68 valence electrons. The Morgan fingerprint density at radius 1 is 1.54 bits per heavy atom. The maximum atomic E-state index is 10.6. The molecule has 0 N–H and O–H groups in total. The Morgan fingerprint density at radius 2 is 2.31 bits per heavy atom. The molecule has 0 aliphatic carbocycles. The highest BCUT2D eigenvalue weighted by Gasteiger charge is 1.91. The molecular weight excluding hydrogens is 166 g/mol. The van der Waals surface area contributed by atoms with Crippen LogP contribution in [0.4, 0.5) is 0 Å². The monoisotopic (exact) mass is 177 g/mol. The molecule has 0 unspecified atom stereocenters. The molecule has 0 bridgehead atoms. The third-order valence-electron chi connectivity index (χ3n) is 1.48. The summed E-state index contributed by atoms with van der Waals surface area (Å²) < 4.78 is 4.89. The van der Waals surface area contributed by atoms with E-state index < -0.39 is 0 Å². The number of aromatic nitrogens is 1. The number of ether oxygens (including phenoxy) is 1. The van der Waals surface area contributed by atoms with Crippen molar-refractivity contribution in [2.75, 3.05) is 7.11 Å². The minimum absolute atomic E-state index is 0.0239. The van der Waals surface area contributed by atoms with Crippen molar-refractivity contribution < 1.29 is 9.53 Å². The first-order chi connectivity index (χ1) is 6.22. The molecule has 0 amide bonds. The van der Waals surface area contributed by atoms with Crippen molar-refractivity contribution in [3.63, 3.8) is 0 Å². The molecule has 3 heteroatoms. The number of allylic oxidation sites excluding steroid dienone is 1. The van der Waals surface area contributed by atoms with Crippen molar-refractivity contribution >= 4 is 11.9 Å². The number of ketones is 1. The number of hydrogen-bond donors (Lipinski definition) is 0. The van der Waals surface area contributed by atoms with E-state index in [9.17, 15) is 4.79 Å². The highest BCUT2D eigenvalue weighted by molar-refractivity contribution is 5.91. The lowest BCUT2D eigenvalue weighted by Gasteiger charge is -1.97. The maximum absolute atomic E-state index is 10.6. The lowest BCUT2D eigenvalue weighted by Crippen LogP contribution is -1.86. The van der Waals surface area contributed by atoms with Gasteiger partial charge >= 0.3 is 0 Å². The normalized spacial score (nSPS) is 10.3. The molecule has 0 aliphatic heterocycles. The Labute approximate surface area is 77.1 Å². The van der Waals surface area contributed by atoms with E-state index in [0.29, 0.717) is 5.88 Å². The van der Waals surface area contributed by atoms with Crippen molar-refractivity contribution in [3.8, 4) is 5.88 Å². The van der Waals surface area contributed by atoms with Gasteiger partial charge in [-0.1, -0.05) is 0 Å². The van der Waals surface area contributed by atoms with Gasteiger partial charge in [-0.05, 0) is 30.7 Å². The maximum Gasteiger partial charge on any atom is 0.212 e. The SMILES string of the molecule is COc1ccc(/C=C/C(C)=O)cn1. The van der Waals surface area contributed by atoms with Gasteiger partial charge in [0.05, 0.1) is 7.11 Å². The molecule has 1 aromatic heterocycles. The first-order valence-electron chi connectivity index (χ1n) is 3.91. The molecule has 0 radical (unpaired) electrons. The fraction of sp³-hybridized carbons (Fsp3) is 0.200. The standard InChI is InChI=1S/C10H11NO2/c1-8(12)3-4-9-5-6-10(13-2)11-7-9/h3-7H,1-2H3/b4-3+. The van der Waals surface area contributed by atoms with Gasteiger partial charge in [0.1, 0.15) is 0 Å². The molecule has 0 fully saturated rings. The van der Waals surface area contributed by atoms with E-state index in [1.807, 2.05) is 6.07 Å². The van der Waals surface area contributed by atoms with Gasteiger partial charge in [0.15, 0.2) is 5.78 Å². The summed E-state index contributed by atoms with van der Waals surface area (Å²) in [7, 11) is 1.56. The summed E-state index contributed by atoms with van der Waals surface area (Å²) >= 11 is 0. The zero-order chi connectivity index (χ0) is 9.68. The number of nitrogens with zero attached hydrogens (tertiary/aromatic N) is 1. The van der Waals surface area contributed by atoms with Gasteiger partial charge in [-0.25, -0.2) is 4.98 Å². The summed E-state index contributed by atoms with van der Waals surface area (Å²) in [6, 6.07) is 3.59. The molecule has 0 aliphatic rings. The molecule has 0 saturated heterocycles. The summed E-state index contributed by atoms with van der Waals surface area (Å²) in [5, 5.41) is 0. The van der Waals surface area contributed by atoms with Gasteiger partial charge in [-0.15, -0.1) is 0 Å². The number of rotatable bonds is 3. The second kappa shape index (κ2) is 4.40. The van der Waals surface area contributed by atoms with Crippen molar-refractivity contribution in [2.24, 2.45) is 0 Å². The summed E-state index contributed by atoms with van der Waals surface area (Å²) in [4.78, 5) is 14.6. The fourth-order valence-corrected chi connectivity index (χ4v) is 0.825. The average Bonchev–Trinajstić information content (AvgIpc) is 2.15. The van der Waals surface area contributed by atoms with Crippen LogP contribution < -0.4 is 4.74 Å². The number of carbonyl (C=O) groups is 1. The van der Waals surface area contributed by atoms with Crippen LogP contribution in [0.25, 0.3) is 6.08 Å². The van der Waals surface area contributed by atoms with Crippen LogP contribution in [-0.2, 0) is 4.79 Å². The van der Waals surface area contributed by atoms with Gasteiger partial charge in [0, 0.05) is 12.3 Å². The van der Waals surface area contributed by atoms with Crippen molar-refractivity contribution in [1.29, 1.82) is 0 Å². The van der Waals surface area contributed by atoms with Crippen LogP contribution in [0, 0.1) is 0 Å². The molecule has 13 heavy (non-hydrogen) atoms. The van der Waals surface area contributed by atoms with Crippen LogP contribution in [0.5, 0.6) is 5.88 Å². The van der Waals surface area contributed by atoms with Crippen LogP contribution in [0.3, 0.4) is 0 Å². The zero-order valence-corrected chi connectivity index (χ0v) is 7.65. The van der Waals surface area contributed by atoms with Crippen LogP contribution in [0.2, 0.25) is 0 Å². The van der Waals surface area contributed by atoms with Crippen molar-refractivity contribution in [3.05, 3.63) is 30.0 Å². The largest absolute Gasteiger partial charge is 0.481 e. The molecule has 0 saturated carbocycles. The second-order valence-corrected chi connectivity index (χ2v) is 2.58. The lowest BCUT2D eigenvalue weighted by atomic mass is 10.2. The van der Waals surface area contributed by atoms with Crippen LogP contribution >= 0.6 is 0 Å². The number of carbonyl (C=O) groups excluding carboxylic acids is 1. The topological polar surface area (TPSA) is 39.2 Å². The lowest BCUT2D eigenvalue weighted by molar-refractivity contribution is -0.112. The summed E-state index contributed by atoms with van der Waals surface area (Å²) in [6.07, 6.45) is 4.87. The summed E-state index contributed by atoms with van der Waals surface area (Å²) in [5.41, 5.74) is 0.885. The summed E-state index contributed by atoms with van der Waals surface area (Å²) in [5.74, 6) is 0.593. The minimum atomic E-state index is 0.0239. The van der Waals surface area contributed by atoms with E-state index in [2.05, 4.69) is 4.98 Å². The Balaban J connectivity index is 2.75. The van der Waals surface area contributed by atoms with Gasteiger partial charge in [-0.3, -0.25) is 4.79 Å². The van der Waals surface area contributed by atoms with Gasteiger partial charge in [0.25, 0.3) is 0 Å².